The summed E-state index contributed by atoms with van der Waals surface area (Å²) in [6.07, 6.45) is 0.774. The van der Waals surface area contributed by atoms with Gasteiger partial charge in [-0.05, 0) is 36.1 Å². The van der Waals surface area contributed by atoms with E-state index in [2.05, 4.69) is 10.0 Å². The van der Waals surface area contributed by atoms with Gasteiger partial charge in [0.1, 0.15) is 6.10 Å². The number of carbonyl (C=O) groups is 1. The van der Waals surface area contributed by atoms with Crippen LogP contribution in [0.2, 0.25) is 0 Å². The number of hydrogen-bond donors (Lipinski definition) is 1. The summed E-state index contributed by atoms with van der Waals surface area (Å²) >= 11 is 0. The number of aliphatic hydroxyl groups is 1. The van der Waals surface area contributed by atoms with E-state index >= 15 is 0 Å². The van der Waals surface area contributed by atoms with Crippen molar-refractivity contribution in [1.82, 2.24) is 0 Å². The predicted octanol–water partition coefficient (Wildman–Crippen LogP) is 2.91. The van der Waals surface area contributed by atoms with Crippen LogP contribution in [0.25, 0.3) is 10.4 Å². The van der Waals surface area contributed by atoms with E-state index in [1.165, 1.54) is 0 Å². The second kappa shape index (κ2) is 7.50. The molecule has 6 nitrogen and oxygen atoms in total. The van der Waals surface area contributed by atoms with Gasteiger partial charge in [-0.25, -0.2) is 0 Å². The molecule has 1 saturated heterocycles. The van der Waals surface area contributed by atoms with Gasteiger partial charge in [0.15, 0.2) is 0 Å². The van der Waals surface area contributed by atoms with Crippen LogP contribution < -0.4 is 0 Å². The fourth-order valence-electron chi connectivity index (χ4n) is 2.62. The Hall–Kier alpha value is -1.26. The molecule has 0 aromatic rings. The first-order chi connectivity index (χ1) is 9.40. The van der Waals surface area contributed by atoms with E-state index in [-0.39, 0.29) is 42.4 Å². The summed E-state index contributed by atoms with van der Waals surface area (Å²) in [6, 6.07) is -0.396. The summed E-state index contributed by atoms with van der Waals surface area (Å²) in [6.45, 7) is 8.06. The van der Waals surface area contributed by atoms with Crippen molar-refractivity contribution in [3.05, 3.63) is 10.4 Å². The second-order valence-corrected chi connectivity index (χ2v) is 6.26. The fraction of sp³-hybridized carbons (Fsp3) is 0.929. The average molecular weight is 283 g/mol. The van der Waals surface area contributed by atoms with Gasteiger partial charge < -0.3 is 9.84 Å². The summed E-state index contributed by atoms with van der Waals surface area (Å²) in [7, 11) is 0. The van der Waals surface area contributed by atoms with Crippen molar-refractivity contribution in [1.29, 1.82) is 0 Å². The molecule has 6 heteroatoms. The molecular formula is C14H25N3O3. The maximum atomic E-state index is 11.8. The van der Waals surface area contributed by atoms with Gasteiger partial charge in [0.05, 0.1) is 12.0 Å². The first-order valence-corrected chi connectivity index (χ1v) is 7.26. The highest BCUT2D eigenvalue weighted by Gasteiger charge is 2.40. The second-order valence-electron chi connectivity index (χ2n) is 6.26. The number of ether oxygens (including phenoxy) is 1. The minimum atomic E-state index is -0.396. The number of carbonyl (C=O) groups excluding carboxylic acids is 1. The van der Waals surface area contributed by atoms with Crippen molar-refractivity contribution in [2.75, 3.05) is 6.61 Å². The molecule has 20 heavy (non-hydrogen) atoms. The third-order valence-electron chi connectivity index (χ3n) is 4.21. The number of azide groups is 1. The molecule has 1 heterocycles. The van der Waals surface area contributed by atoms with Gasteiger partial charge in [-0.15, -0.1) is 0 Å². The topological polar surface area (TPSA) is 95.3 Å². The van der Waals surface area contributed by atoms with Crippen molar-refractivity contribution in [2.24, 2.45) is 28.8 Å². The highest BCUT2D eigenvalue weighted by Crippen LogP contribution is 2.33. The number of esters is 1. The molecule has 1 fully saturated rings. The van der Waals surface area contributed by atoms with Crippen molar-refractivity contribution >= 4 is 5.97 Å². The largest absolute Gasteiger partial charge is 0.462 e. The van der Waals surface area contributed by atoms with Gasteiger partial charge in [0.2, 0.25) is 0 Å². The van der Waals surface area contributed by atoms with Crippen LogP contribution in [0.15, 0.2) is 5.11 Å². The standard InChI is InChI=1S/C14H25N3O3/c1-8(2)10(7-18)5-12(16-17-15)13-6-11(9(3)4)14(19)20-13/h8-13,18H,5-7H2,1-4H3/t10?,11-,12-,13-/m0/s1. The highest BCUT2D eigenvalue weighted by molar-refractivity contribution is 5.75. The lowest BCUT2D eigenvalue weighted by Crippen LogP contribution is -2.29. The van der Waals surface area contributed by atoms with Gasteiger partial charge in [-0.2, -0.15) is 0 Å². The Balaban J connectivity index is 2.77. The Morgan fingerprint density at radius 1 is 1.45 bits per heavy atom. The van der Waals surface area contributed by atoms with Gasteiger partial charge in [0, 0.05) is 11.5 Å². The van der Waals surface area contributed by atoms with Crippen LogP contribution in [0.4, 0.5) is 0 Å². The van der Waals surface area contributed by atoms with Crippen molar-refractivity contribution in [2.45, 2.75) is 52.7 Å². The summed E-state index contributed by atoms with van der Waals surface area (Å²) in [5, 5.41) is 13.2. The molecule has 114 valence electrons. The molecule has 0 aliphatic carbocycles. The molecule has 0 amide bonds. The average Bonchev–Trinajstić information content (AvgIpc) is 2.76. The van der Waals surface area contributed by atoms with Gasteiger partial charge in [0.25, 0.3) is 0 Å². The summed E-state index contributed by atoms with van der Waals surface area (Å²) in [4.78, 5) is 14.7. The Labute approximate surface area is 120 Å². The number of rotatable bonds is 7. The molecule has 0 radical (unpaired) electrons. The third kappa shape index (κ3) is 4.12. The zero-order valence-corrected chi connectivity index (χ0v) is 12.7. The van der Waals surface area contributed by atoms with Crippen LogP contribution in [0.3, 0.4) is 0 Å². The quantitative estimate of drug-likeness (QED) is 0.337. The zero-order valence-electron chi connectivity index (χ0n) is 12.7. The summed E-state index contributed by atoms with van der Waals surface area (Å²) in [5.41, 5.74) is 8.72. The molecule has 1 aliphatic rings. The van der Waals surface area contributed by atoms with Crippen LogP contribution >= 0.6 is 0 Å². The van der Waals surface area contributed by atoms with E-state index in [4.69, 9.17) is 10.3 Å². The van der Waals surface area contributed by atoms with E-state index in [9.17, 15) is 9.90 Å². The van der Waals surface area contributed by atoms with E-state index in [1.54, 1.807) is 0 Å². The zero-order chi connectivity index (χ0) is 15.3. The Morgan fingerprint density at radius 2 is 2.10 bits per heavy atom. The lowest BCUT2D eigenvalue weighted by Gasteiger charge is -2.25. The molecule has 0 bridgehead atoms. The minimum Gasteiger partial charge on any atom is -0.462 e. The Morgan fingerprint density at radius 3 is 2.50 bits per heavy atom. The molecule has 0 saturated carbocycles. The van der Waals surface area contributed by atoms with Crippen molar-refractivity contribution < 1.29 is 14.6 Å². The molecule has 4 atom stereocenters. The predicted molar refractivity (Wildman–Crippen MR) is 75.8 cm³/mol. The van der Waals surface area contributed by atoms with Crippen molar-refractivity contribution in [3.8, 4) is 0 Å². The smallest absolute Gasteiger partial charge is 0.309 e. The normalized spacial score (nSPS) is 25.4. The van der Waals surface area contributed by atoms with Crippen LogP contribution in [-0.2, 0) is 9.53 Å². The van der Waals surface area contributed by atoms with E-state index < -0.39 is 6.04 Å². The first kappa shape index (κ1) is 16.8. The minimum absolute atomic E-state index is 0.0438. The number of nitrogens with zero attached hydrogens (tertiary/aromatic N) is 3. The van der Waals surface area contributed by atoms with E-state index in [0.717, 1.165) is 0 Å². The lowest BCUT2D eigenvalue weighted by atomic mass is 9.85. The van der Waals surface area contributed by atoms with Crippen LogP contribution in [0, 0.1) is 23.7 Å². The summed E-state index contributed by atoms with van der Waals surface area (Å²) < 4.78 is 5.39. The van der Waals surface area contributed by atoms with Crippen LogP contribution in [0.5, 0.6) is 0 Å². The fourth-order valence-corrected chi connectivity index (χ4v) is 2.62. The monoisotopic (exact) mass is 283 g/mol. The number of cyclic esters (lactones) is 1. The maximum absolute atomic E-state index is 11.8. The molecule has 0 aromatic carbocycles. The lowest BCUT2D eigenvalue weighted by molar-refractivity contribution is -0.146. The van der Waals surface area contributed by atoms with Crippen LogP contribution in [-0.4, -0.2) is 29.8 Å². The van der Waals surface area contributed by atoms with E-state index in [1.807, 2.05) is 27.7 Å². The molecule has 1 unspecified atom stereocenters. The molecule has 1 aliphatic heterocycles. The molecular weight excluding hydrogens is 258 g/mol. The van der Waals surface area contributed by atoms with Gasteiger partial charge in [-0.3, -0.25) is 4.79 Å². The van der Waals surface area contributed by atoms with Gasteiger partial charge >= 0.3 is 5.97 Å². The molecule has 0 spiro atoms. The Bertz CT molecular complexity index is 378. The SMILES string of the molecule is CC(C)C(CO)C[C@H](N=[N+]=[N-])[C@@H]1C[C@@H](C(C)C)C(=O)O1. The number of hydrogen-bond acceptors (Lipinski definition) is 4. The Kier molecular flexibility index (Phi) is 6.30. The highest BCUT2D eigenvalue weighted by atomic mass is 16.6. The third-order valence-corrected chi connectivity index (χ3v) is 4.21. The first-order valence-electron chi connectivity index (χ1n) is 7.26. The number of aliphatic hydroxyl groups excluding tert-OH is 1. The molecule has 1 N–H and O–H groups in total. The van der Waals surface area contributed by atoms with Crippen LogP contribution in [0.1, 0.15) is 40.5 Å². The van der Waals surface area contributed by atoms with E-state index in [0.29, 0.717) is 12.8 Å². The summed E-state index contributed by atoms with van der Waals surface area (Å²) in [5.74, 6) is 0.228. The van der Waals surface area contributed by atoms with Crippen molar-refractivity contribution in [3.63, 3.8) is 0 Å². The molecule has 0 aromatic heterocycles. The van der Waals surface area contributed by atoms with Gasteiger partial charge in [-0.1, -0.05) is 32.8 Å². The maximum Gasteiger partial charge on any atom is 0.309 e. The molecule has 1 rings (SSSR count).